The zero-order chi connectivity index (χ0) is 22.0. The number of aryl methyl sites for hydroxylation is 1. The van der Waals surface area contributed by atoms with Gasteiger partial charge in [-0.3, -0.25) is 4.79 Å². The summed E-state index contributed by atoms with van der Waals surface area (Å²) >= 11 is 0. The van der Waals surface area contributed by atoms with E-state index in [4.69, 9.17) is 0 Å². The summed E-state index contributed by atoms with van der Waals surface area (Å²) < 4.78 is 26.2. The van der Waals surface area contributed by atoms with Gasteiger partial charge in [0.2, 0.25) is 10.0 Å². The Bertz CT molecular complexity index is 912. The monoisotopic (exact) mass is 431 g/mol. The lowest BCUT2D eigenvalue weighted by molar-refractivity contribution is 0.0953. The minimum absolute atomic E-state index is 0.198. The molecule has 0 saturated heterocycles. The average molecular weight is 432 g/mol. The highest BCUT2D eigenvalue weighted by atomic mass is 32.2. The molecule has 0 bridgehead atoms. The van der Waals surface area contributed by atoms with Crippen molar-refractivity contribution in [3.8, 4) is 0 Å². The van der Waals surface area contributed by atoms with Crippen LogP contribution in [0.25, 0.3) is 0 Å². The Hall–Kier alpha value is -2.22. The summed E-state index contributed by atoms with van der Waals surface area (Å²) in [7, 11) is -1.94. The van der Waals surface area contributed by atoms with E-state index in [1.165, 1.54) is 27.6 Å². The third-order valence-corrected chi connectivity index (χ3v) is 6.78. The predicted octanol–water partition coefficient (Wildman–Crippen LogP) is 3.19. The quantitative estimate of drug-likeness (QED) is 0.506. The number of sulfonamides is 1. The standard InChI is InChI=1S/C23H33N3O3S/c1-4-16-26(3)30(28,29)22-12-10-21(11-13-22)23(27)25-15-7-14-24-18-20-9-6-8-19(5-2)17-20/h6,8-13,17,24H,4-5,7,14-16,18H2,1-3H3,(H,25,27). The molecule has 2 rings (SSSR count). The number of nitrogens with one attached hydrogen (secondary N) is 2. The first-order chi connectivity index (χ1) is 14.4. The highest BCUT2D eigenvalue weighted by Gasteiger charge is 2.20. The van der Waals surface area contributed by atoms with E-state index in [-0.39, 0.29) is 10.8 Å². The summed E-state index contributed by atoms with van der Waals surface area (Å²) in [5, 5.41) is 6.27. The van der Waals surface area contributed by atoms with Crippen molar-refractivity contribution >= 4 is 15.9 Å². The molecule has 0 atom stereocenters. The van der Waals surface area contributed by atoms with Gasteiger partial charge in [-0.2, -0.15) is 0 Å². The van der Waals surface area contributed by atoms with Crippen LogP contribution in [0, 0.1) is 0 Å². The van der Waals surface area contributed by atoms with Crippen LogP contribution in [0.1, 0.15) is 48.2 Å². The van der Waals surface area contributed by atoms with Crippen LogP contribution in [0.15, 0.2) is 53.4 Å². The highest BCUT2D eigenvalue weighted by molar-refractivity contribution is 7.89. The van der Waals surface area contributed by atoms with Crippen LogP contribution in [0.5, 0.6) is 0 Å². The molecule has 6 nitrogen and oxygen atoms in total. The van der Waals surface area contributed by atoms with E-state index >= 15 is 0 Å². The van der Waals surface area contributed by atoms with Crippen LogP contribution in [-0.2, 0) is 23.0 Å². The molecule has 7 heteroatoms. The number of amides is 1. The fourth-order valence-corrected chi connectivity index (χ4v) is 4.37. The van der Waals surface area contributed by atoms with Crippen LogP contribution < -0.4 is 10.6 Å². The Morgan fingerprint density at radius 2 is 1.70 bits per heavy atom. The Balaban J connectivity index is 1.74. The summed E-state index contributed by atoms with van der Waals surface area (Å²) in [4.78, 5) is 12.5. The van der Waals surface area contributed by atoms with Gasteiger partial charge in [-0.25, -0.2) is 12.7 Å². The van der Waals surface area contributed by atoms with Crippen LogP contribution in [0.3, 0.4) is 0 Å². The van der Waals surface area contributed by atoms with Crippen molar-refractivity contribution in [3.05, 3.63) is 65.2 Å². The van der Waals surface area contributed by atoms with Crippen molar-refractivity contribution in [2.45, 2.75) is 44.6 Å². The third-order valence-electron chi connectivity index (χ3n) is 4.91. The summed E-state index contributed by atoms with van der Waals surface area (Å²) in [6.07, 6.45) is 2.59. The molecule has 0 fully saturated rings. The molecular formula is C23H33N3O3S. The van der Waals surface area contributed by atoms with Gasteiger partial charge in [0.15, 0.2) is 0 Å². The molecule has 0 aliphatic heterocycles. The number of carbonyl (C=O) groups excluding carboxylic acids is 1. The molecular weight excluding hydrogens is 398 g/mol. The van der Waals surface area contributed by atoms with Crippen LogP contribution >= 0.6 is 0 Å². The first-order valence-electron chi connectivity index (χ1n) is 10.5. The van der Waals surface area contributed by atoms with E-state index in [2.05, 4.69) is 41.8 Å². The largest absolute Gasteiger partial charge is 0.352 e. The molecule has 0 aliphatic carbocycles. The Morgan fingerprint density at radius 3 is 2.37 bits per heavy atom. The molecule has 0 heterocycles. The van der Waals surface area contributed by atoms with Gasteiger partial charge < -0.3 is 10.6 Å². The summed E-state index contributed by atoms with van der Waals surface area (Å²) in [5.41, 5.74) is 3.05. The number of carbonyl (C=O) groups is 1. The van der Waals surface area contributed by atoms with Crippen molar-refractivity contribution in [2.24, 2.45) is 0 Å². The van der Waals surface area contributed by atoms with E-state index in [0.29, 0.717) is 18.7 Å². The van der Waals surface area contributed by atoms with Crippen LogP contribution in [-0.4, -0.2) is 45.3 Å². The molecule has 30 heavy (non-hydrogen) atoms. The normalized spacial score (nSPS) is 11.6. The molecule has 0 radical (unpaired) electrons. The van der Waals surface area contributed by atoms with Gasteiger partial charge in [0.1, 0.15) is 0 Å². The first-order valence-corrected chi connectivity index (χ1v) is 12.0. The van der Waals surface area contributed by atoms with E-state index in [1.54, 1.807) is 19.2 Å². The molecule has 0 spiro atoms. The zero-order valence-electron chi connectivity index (χ0n) is 18.1. The van der Waals surface area contributed by atoms with Gasteiger partial charge in [0.05, 0.1) is 4.90 Å². The maximum absolute atomic E-state index is 12.4. The Labute approximate surface area is 180 Å². The summed E-state index contributed by atoms with van der Waals surface area (Å²) in [6.45, 7) is 6.70. The average Bonchev–Trinajstić information content (AvgIpc) is 2.76. The van der Waals surface area contributed by atoms with Crippen molar-refractivity contribution in [1.29, 1.82) is 0 Å². The fraction of sp³-hybridized carbons (Fsp3) is 0.435. The van der Waals surface area contributed by atoms with Gasteiger partial charge in [0.25, 0.3) is 5.91 Å². The van der Waals surface area contributed by atoms with Gasteiger partial charge in [-0.1, -0.05) is 38.1 Å². The molecule has 0 aliphatic rings. The number of benzene rings is 2. The van der Waals surface area contributed by atoms with Crippen molar-refractivity contribution in [1.82, 2.24) is 14.9 Å². The van der Waals surface area contributed by atoms with E-state index in [1.807, 2.05) is 6.92 Å². The SMILES string of the molecule is CCCN(C)S(=O)(=O)c1ccc(C(=O)NCCCNCc2cccc(CC)c2)cc1. The minimum atomic E-state index is -3.50. The van der Waals surface area contributed by atoms with Gasteiger partial charge in [0, 0.05) is 32.2 Å². The maximum Gasteiger partial charge on any atom is 0.251 e. The molecule has 2 N–H and O–H groups in total. The Kier molecular flexibility index (Phi) is 9.49. The summed E-state index contributed by atoms with van der Waals surface area (Å²) in [5.74, 6) is -0.198. The zero-order valence-corrected chi connectivity index (χ0v) is 19.0. The van der Waals surface area contributed by atoms with Gasteiger partial charge >= 0.3 is 0 Å². The number of hydrogen-bond donors (Lipinski definition) is 2. The van der Waals surface area contributed by atoms with E-state index in [0.717, 1.165) is 32.4 Å². The second-order valence-electron chi connectivity index (χ2n) is 7.31. The third kappa shape index (κ3) is 6.93. The number of hydrogen-bond acceptors (Lipinski definition) is 4. The second kappa shape index (κ2) is 11.8. The number of rotatable bonds is 12. The molecule has 0 saturated carbocycles. The molecule has 0 unspecified atom stereocenters. The predicted molar refractivity (Wildman–Crippen MR) is 121 cm³/mol. The topological polar surface area (TPSA) is 78.5 Å². The molecule has 2 aromatic rings. The van der Waals surface area contributed by atoms with Crippen LogP contribution in [0.4, 0.5) is 0 Å². The van der Waals surface area contributed by atoms with E-state index < -0.39 is 10.0 Å². The summed E-state index contributed by atoms with van der Waals surface area (Å²) in [6, 6.07) is 14.6. The highest BCUT2D eigenvalue weighted by Crippen LogP contribution is 2.15. The van der Waals surface area contributed by atoms with E-state index in [9.17, 15) is 13.2 Å². The lowest BCUT2D eigenvalue weighted by atomic mass is 10.1. The lowest BCUT2D eigenvalue weighted by Crippen LogP contribution is -2.28. The van der Waals surface area contributed by atoms with Crippen LogP contribution in [0.2, 0.25) is 0 Å². The molecule has 164 valence electrons. The van der Waals surface area contributed by atoms with Crippen molar-refractivity contribution in [2.75, 3.05) is 26.7 Å². The van der Waals surface area contributed by atoms with Crippen molar-refractivity contribution < 1.29 is 13.2 Å². The van der Waals surface area contributed by atoms with Gasteiger partial charge in [-0.15, -0.1) is 0 Å². The fourth-order valence-electron chi connectivity index (χ4n) is 3.10. The molecule has 0 aromatic heterocycles. The lowest BCUT2D eigenvalue weighted by Gasteiger charge is -2.16. The van der Waals surface area contributed by atoms with Crippen molar-refractivity contribution in [3.63, 3.8) is 0 Å². The maximum atomic E-state index is 12.4. The molecule has 2 aromatic carbocycles. The van der Waals surface area contributed by atoms with Gasteiger partial charge in [-0.05, 0) is 61.2 Å². The minimum Gasteiger partial charge on any atom is -0.352 e. The second-order valence-corrected chi connectivity index (χ2v) is 9.36. The number of nitrogens with zero attached hydrogens (tertiary/aromatic N) is 1. The molecule has 1 amide bonds. The first kappa shape index (κ1) is 24.1. The smallest absolute Gasteiger partial charge is 0.251 e. The Morgan fingerprint density at radius 1 is 1.00 bits per heavy atom.